The van der Waals surface area contributed by atoms with Crippen LogP contribution in [0.25, 0.3) is 11.4 Å². The highest BCUT2D eigenvalue weighted by Gasteiger charge is 2.21. The Labute approximate surface area is 161 Å². The fourth-order valence-corrected chi connectivity index (χ4v) is 3.24. The number of aromatic nitrogens is 3. The van der Waals surface area contributed by atoms with Crippen molar-refractivity contribution in [2.24, 2.45) is 0 Å². The van der Waals surface area contributed by atoms with Crippen LogP contribution in [0, 0.1) is 0 Å². The minimum atomic E-state index is -0.498. The lowest BCUT2D eigenvalue weighted by Gasteiger charge is -2.13. The Balaban J connectivity index is 2.17. The van der Waals surface area contributed by atoms with Gasteiger partial charge in [0.25, 0.3) is 0 Å². The standard InChI is InChI=1S/C17H22ClN5O2S/c1-4-10-23-14(12-6-8-13(18)9-7-12)21-22-17(23)26-11(3)15(24)20-16(25)19-5-2/h6-9,11H,4-5,10H2,1-3H3,(H2,19,20,24,25)/t11-/m0/s1. The minimum absolute atomic E-state index is 0.375. The number of hydrogen-bond acceptors (Lipinski definition) is 5. The van der Waals surface area contributed by atoms with Gasteiger partial charge in [0.05, 0.1) is 5.25 Å². The van der Waals surface area contributed by atoms with Gasteiger partial charge in [-0.25, -0.2) is 4.79 Å². The van der Waals surface area contributed by atoms with Crippen molar-refractivity contribution in [3.05, 3.63) is 29.3 Å². The molecule has 0 spiro atoms. The molecule has 9 heteroatoms. The summed E-state index contributed by atoms with van der Waals surface area (Å²) in [5.74, 6) is 0.349. The zero-order valence-electron chi connectivity index (χ0n) is 15.0. The van der Waals surface area contributed by atoms with E-state index in [0.29, 0.717) is 16.7 Å². The van der Waals surface area contributed by atoms with Gasteiger partial charge in [-0.3, -0.25) is 10.1 Å². The Morgan fingerprint density at radius 2 is 1.92 bits per heavy atom. The molecule has 0 saturated heterocycles. The van der Waals surface area contributed by atoms with Crippen LogP contribution in [0.5, 0.6) is 0 Å². The molecule has 7 nitrogen and oxygen atoms in total. The van der Waals surface area contributed by atoms with Crippen LogP contribution < -0.4 is 10.6 Å². The number of nitrogens with one attached hydrogen (secondary N) is 2. The van der Waals surface area contributed by atoms with Gasteiger partial charge in [0.15, 0.2) is 11.0 Å². The first-order chi connectivity index (χ1) is 12.5. The van der Waals surface area contributed by atoms with Gasteiger partial charge in [0.1, 0.15) is 0 Å². The van der Waals surface area contributed by atoms with Gasteiger partial charge in [0.2, 0.25) is 5.91 Å². The number of urea groups is 1. The van der Waals surface area contributed by atoms with E-state index in [1.165, 1.54) is 11.8 Å². The summed E-state index contributed by atoms with van der Waals surface area (Å²) in [4.78, 5) is 23.7. The van der Waals surface area contributed by atoms with E-state index >= 15 is 0 Å². The number of imide groups is 1. The minimum Gasteiger partial charge on any atom is -0.338 e. The van der Waals surface area contributed by atoms with Crippen LogP contribution in [0.15, 0.2) is 29.4 Å². The van der Waals surface area contributed by atoms with Crippen LogP contribution in [0.3, 0.4) is 0 Å². The molecule has 0 radical (unpaired) electrons. The van der Waals surface area contributed by atoms with Crippen molar-refractivity contribution in [2.75, 3.05) is 6.54 Å². The molecule has 0 unspecified atom stereocenters. The van der Waals surface area contributed by atoms with E-state index in [-0.39, 0.29) is 5.91 Å². The third-order valence-corrected chi connectivity index (χ3v) is 4.82. The second-order valence-electron chi connectivity index (χ2n) is 5.57. The zero-order chi connectivity index (χ0) is 19.1. The first kappa shape index (κ1) is 20.3. The number of thioether (sulfide) groups is 1. The van der Waals surface area contributed by atoms with Crippen LogP contribution in [0.4, 0.5) is 4.79 Å². The third-order valence-electron chi connectivity index (χ3n) is 3.49. The zero-order valence-corrected chi connectivity index (χ0v) is 16.5. The third kappa shape index (κ3) is 5.22. The summed E-state index contributed by atoms with van der Waals surface area (Å²) in [6.45, 7) is 6.75. The number of rotatable bonds is 7. The van der Waals surface area contributed by atoms with Gasteiger partial charge in [0, 0.05) is 23.7 Å². The molecule has 26 heavy (non-hydrogen) atoms. The molecular weight excluding hydrogens is 374 g/mol. The Morgan fingerprint density at radius 3 is 2.54 bits per heavy atom. The summed E-state index contributed by atoms with van der Waals surface area (Å²) in [5, 5.41) is 14.2. The molecule has 0 bridgehead atoms. The number of carbonyl (C=O) groups is 2. The molecule has 0 fully saturated rings. The van der Waals surface area contributed by atoms with Crippen molar-refractivity contribution >= 4 is 35.3 Å². The number of halogens is 1. The van der Waals surface area contributed by atoms with Gasteiger partial charge >= 0.3 is 6.03 Å². The first-order valence-electron chi connectivity index (χ1n) is 8.40. The molecule has 140 valence electrons. The van der Waals surface area contributed by atoms with Crippen molar-refractivity contribution in [1.82, 2.24) is 25.4 Å². The molecule has 0 saturated carbocycles. The first-order valence-corrected chi connectivity index (χ1v) is 9.66. The Morgan fingerprint density at radius 1 is 1.23 bits per heavy atom. The van der Waals surface area contributed by atoms with E-state index in [1.54, 1.807) is 26.0 Å². The second-order valence-corrected chi connectivity index (χ2v) is 7.32. The lowest BCUT2D eigenvalue weighted by atomic mass is 10.2. The summed E-state index contributed by atoms with van der Waals surface area (Å²) in [6.07, 6.45) is 0.895. The molecule has 0 aliphatic rings. The molecule has 1 heterocycles. The molecular formula is C17H22ClN5O2S. The van der Waals surface area contributed by atoms with Gasteiger partial charge in [-0.15, -0.1) is 10.2 Å². The van der Waals surface area contributed by atoms with Crippen molar-refractivity contribution < 1.29 is 9.59 Å². The van der Waals surface area contributed by atoms with E-state index in [0.717, 1.165) is 24.4 Å². The molecule has 3 amide bonds. The van der Waals surface area contributed by atoms with Crippen LogP contribution in [-0.2, 0) is 11.3 Å². The maximum atomic E-state index is 12.2. The molecule has 1 atom stereocenters. The highest BCUT2D eigenvalue weighted by Crippen LogP contribution is 2.27. The summed E-state index contributed by atoms with van der Waals surface area (Å²) in [5.41, 5.74) is 0.904. The monoisotopic (exact) mass is 395 g/mol. The summed E-state index contributed by atoms with van der Waals surface area (Å²) in [6, 6.07) is 6.88. The number of hydrogen-bond donors (Lipinski definition) is 2. The predicted octanol–water partition coefficient (Wildman–Crippen LogP) is 3.33. The largest absolute Gasteiger partial charge is 0.338 e. The van der Waals surface area contributed by atoms with E-state index in [4.69, 9.17) is 11.6 Å². The number of nitrogens with zero attached hydrogens (tertiary/aromatic N) is 3. The average molecular weight is 396 g/mol. The molecule has 0 aliphatic carbocycles. The number of amides is 3. The highest BCUT2D eigenvalue weighted by molar-refractivity contribution is 8.00. The molecule has 0 aliphatic heterocycles. The summed E-state index contributed by atoms with van der Waals surface area (Å²) < 4.78 is 1.98. The van der Waals surface area contributed by atoms with Crippen LogP contribution in [-0.4, -0.2) is 38.5 Å². The van der Waals surface area contributed by atoms with E-state index in [1.807, 2.05) is 16.7 Å². The van der Waals surface area contributed by atoms with Gasteiger partial charge in [-0.1, -0.05) is 30.3 Å². The van der Waals surface area contributed by atoms with Gasteiger partial charge < -0.3 is 9.88 Å². The average Bonchev–Trinajstić information content (AvgIpc) is 2.98. The smallest absolute Gasteiger partial charge is 0.321 e. The quantitative estimate of drug-likeness (QED) is 0.702. The number of carbonyl (C=O) groups excluding carboxylic acids is 2. The van der Waals surface area contributed by atoms with Crippen molar-refractivity contribution in [3.8, 4) is 11.4 Å². The van der Waals surface area contributed by atoms with Crippen LogP contribution in [0.1, 0.15) is 27.2 Å². The van der Waals surface area contributed by atoms with Crippen molar-refractivity contribution in [2.45, 2.75) is 44.1 Å². The van der Waals surface area contributed by atoms with Crippen LogP contribution >= 0.6 is 23.4 Å². The van der Waals surface area contributed by atoms with E-state index in [9.17, 15) is 9.59 Å². The Kier molecular flexibility index (Phi) is 7.47. The van der Waals surface area contributed by atoms with Gasteiger partial charge in [-0.2, -0.15) is 0 Å². The topological polar surface area (TPSA) is 88.9 Å². The Hall–Kier alpha value is -2.06. The van der Waals surface area contributed by atoms with Gasteiger partial charge in [-0.05, 0) is 44.5 Å². The molecule has 2 aromatic rings. The SMILES string of the molecule is CCCn1c(S[C@@H](C)C(=O)NC(=O)NCC)nnc1-c1ccc(Cl)cc1. The van der Waals surface area contributed by atoms with Crippen molar-refractivity contribution in [1.29, 1.82) is 0 Å². The molecule has 1 aromatic carbocycles. The van der Waals surface area contributed by atoms with Crippen molar-refractivity contribution in [3.63, 3.8) is 0 Å². The molecule has 2 rings (SSSR count). The number of benzene rings is 1. The fourth-order valence-electron chi connectivity index (χ4n) is 2.24. The predicted molar refractivity (Wildman–Crippen MR) is 103 cm³/mol. The maximum absolute atomic E-state index is 12.2. The second kappa shape index (κ2) is 9.59. The Bertz CT molecular complexity index is 763. The van der Waals surface area contributed by atoms with E-state index in [2.05, 4.69) is 27.8 Å². The molecule has 1 aromatic heterocycles. The maximum Gasteiger partial charge on any atom is 0.321 e. The lowest BCUT2D eigenvalue weighted by Crippen LogP contribution is -2.42. The normalized spacial score (nSPS) is 11.8. The lowest BCUT2D eigenvalue weighted by molar-refractivity contribution is -0.119. The highest BCUT2D eigenvalue weighted by atomic mass is 35.5. The summed E-state index contributed by atoms with van der Waals surface area (Å²) in [7, 11) is 0. The fraction of sp³-hybridized carbons (Fsp3) is 0.412. The molecule has 2 N–H and O–H groups in total. The van der Waals surface area contributed by atoms with E-state index < -0.39 is 11.3 Å². The van der Waals surface area contributed by atoms with Crippen LogP contribution in [0.2, 0.25) is 5.02 Å². The summed E-state index contributed by atoms with van der Waals surface area (Å²) >= 11 is 7.22.